The van der Waals surface area contributed by atoms with E-state index in [-0.39, 0.29) is 6.42 Å². The first-order valence-corrected chi connectivity index (χ1v) is 6.33. The van der Waals surface area contributed by atoms with Crippen LogP contribution < -0.4 is 5.32 Å². The molecule has 1 N–H and O–H groups in total. The molecule has 0 aliphatic carbocycles. The number of nitrogens with one attached hydrogen (secondary N) is 1. The summed E-state index contributed by atoms with van der Waals surface area (Å²) >= 11 is 0. The number of ether oxygens (including phenoxy) is 1. The van der Waals surface area contributed by atoms with Gasteiger partial charge < -0.3 is 4.74 Å². The number of amides is 5. The van der Waals surface area contributed by atoms with Crippen molar-refractivity contribution >= 4 is 23.8 Å². The van der Waals surface area contributed by atoms with Crippen molar-refractivity contribution in [1.29, 1.82) is 0 Å². The normalized spacial score (nSPS) is 18.6. The first kappa shape index (κ1) is 14.9. The Bertz CT molecular complexity index is 584. The molecule has 7 heteroatoms. The molecule has 1 fully saturated rings. The second-order valence-corrected chi connectivity index (χ2v) is 4.46. The van der Waals surface area contributed by atoms with Gasteiger partial charge in [-0.15, -0.1) is 0 Å². The SMILES string of the molecule is COC1C(=O)NC(=O)N(C(=O)CCc2ccccc2)C1=O. The molecule has 1 unspecified atom stereocenters. The van der Waals surface area contributed by atoms with E-state index in [9.17, 15) is 19.2 Å². The minimum atomic E-state index is -1.47. The molecule has 0 aromatic heterocycles. The molecule has 0 bridgehead atoms. The lowest BCUT2D eigenvalue weighted by Crippen LogP contribution is -2.62. The van der Waals surface area contributed by atoms with Crippen molar-refractivity contribution in [3.8, 4) is 0 Å². The highest BCUT2D eigenvalue weighted by Crippen LogP contribution is 2.11. The smallest absolute Gasteiger partial charge is 0.337 e. The quantitative estimate of drug-likeness (QED) is 0.802. The van der Waals surface area contributed by atoms with Gasteiger partial charge in [0.05, 0.1) is 0 Å². The number of hydrogen-bond acceptors (Lipinski definition) is 5. The number of hydrogen-bond donors (Lipinski definition) is 1. The van der Waals surface area contributed by atoms with Gasteiger partial charge in [-0.1, -0.05) is 30.3 Å². The molecule has 1 aromatic rings. The molecule has 110 valence electrons. The molecule has 2 rings (SSSR count). The number of carbonyl (C=O) groups is 4. The Kier molecular flexibility index (Phi) is 4.44. The van der Waals surface area contributed by atoms with Gasteiger partial charge in [-0.05, 0) is 12.0 Å². The molecular weight excluding hydrogens is 276 g/mol. The van der Waals surface area contributed by atoms with Gasteiger partial charge in [0.2, 0.25) is 12.0 Å². The lowest BCUT2D eigenvalue weighted by molar-refractivity contribution is -0.155. The fourth-order valence-corrected chi connectivity index (χ4v) is 2.01. The Morgan fingerprint density at radius 2 is 1.90 bits per heavy atom. The van der Waals surface area contributed by atoms with Crippen LogP contribution in [0.5, 0.6) is 0 Å². The molecule has 5 amide bonds. The zero-order chi connectivity index (χ0) is 15.4. The second-order valence-electron chi connectivity index (χ2n) is 4.46. The molecule has 1 aromatic carbocycles. The largest absolute Gasteiger partial charge is 0.362 e. The van der Waals surface area contributed by atoms with Gasteiger partial charge in [0.1, 0.15) is 0 Å². The standard InChI is InChI=1S/C14H14N2O5/c1-21-11-12(18)15-14(20)16(13(11)19)10(17)8-7-9-5-3-2-4-6-9/h2-6,11H,7-8H2,1H3,(H,15,18,20). The predicted molar refractivity (Wildman–Crippen MR) is 71.0 cm³/mol. The Morgan fingerprint density at radius 3 is 2.52 bits per heavy atom. The van der Waals surface area contributed by atoms with Crippen molar-refractivity contribution in [2.75, 3.05) is 7.11 Å². The van der Waals surface area contributed by atoms with Crippen LogP contribution in [0, 0.1) is 0 Å². The molecular formula is C14H14N2O5. The number of methoxy groups -OCH3 is 1. The average Bonchev–Trinajstić information content (AvgIpc) is 2.46. The van der Waals surface area contributed by atoms with Gasteiger partial charge in [0, 0.05) is 13.5 Å². The molecule has 7 nitrogen and oxygen atoms in total. The van der Waals surface area contributed by atoms with Gasteiger partial charge in [0.15, 0.2) is 0 Å². The third kappa shape index (κ3) is 3.14. The van der Waals surface area contributed by atoms with Crippen molar-refractivity contribution in [1.82, 2.24) is 10.2 Å². The maximum atomic E-state index is 12.0. The molecule has 1 saturated heterocycles. The number of urea groups is 1. The van der Waals surface area contributed by atoms with E-state index < -0.39 is 29.9 Å². The fourth-order valence-electron chi connectivity index (χ4n) is 2.01. The lowest BCUT2D eigenvalue weighted by Gasteiger charge is -2.27. The van der Waals surface area contributed by atoms with Crippen LogP contribution in [0.2, 0.25) is 0 Å². The number of barbiturate groups is 1. The summed E-state index contributed by atoms with van der Waals surface area (Å²) < 4.78 is 4.70. The number of nitrogens with zero attached hydrogens (tertiary/aromatic N) is 1. The molecule has 21 heavy (non-hydrogen) atoms. The zero-order valence-electron chi connectivity index (χ0n) is 11.4. The summed E-state index contributed by atoms with van der Waals surface area (Å²) in [4.78, 5) is 47.4. The Balaban J connectivity index is 2.05. The Hall–Kier alpha value is -2.54. The first-order valence-electron chi connectivity index (χ1n) is 6.33. The van der Waals surface area contributed by atoms with E-state index in [0.29, 0.717) is 11.3 Å². The topological polar surface area (TPSA) is 92.8 Å². The van der Waals surface area contributed by atoms with Crippen molar-refractivity contribution < 1.29 is 23.9 Å². The summed E-state index contributed by atoms with van der Waals surface area (Å²) in [6.45, 7) is 0. The molecule has 0 saturated carbocycles. The fraction of sp³-hybridized carbons (Fsp3) is 0.286. The van der Waals surface area contributed by atoms with Crippen molar-refractivity contribution in [2.45, 2.75) is 18.9 Å². The summed E-state index contributed by atoms with van der Waals surface area (Å²) in [6, 6.07) is 8.16. The molecule has 1 aliphatic heterocycles. The van der Waals surface area contributed by atoms with E-state index in [1.54, 1.807) is 0 Å². The van der Waals surface area contributed by atoms with Crippen molar-refractivity contribution in [3.05, 3.63) is 35.9 Å². The number of rotatable bonds is 4. The summed E-state index contributed by atoms with van der Waals surface area (Å²) in [5.74, 6) is -2.49. The molecule has 1 heterocycles. The van der Waals surface area contributed by atoms with E-state index in [1.807, 2.05) is 35.6 Å². The van der Waals surface area contributed by atoms with Crippen LogP contribution in [0.25, 0.3) is 0 Å². The number of aryl methyl sites for hydroxylation is 1. The Morgan fingerprint density at radius 1 is 1.24 bits per heavy atom. The van der Waals surface area contributed by atoms with E-state index in [2.05, 4.69) is 0 Å². The van der Waals surface area contributed by atoms with Crippen LogP contribution in [0.3, 0.4) is 0 Å². The summed E-state index contributed by atoms with van der Waals surface area (Å²) in [5.41, 5.74) is 0.912. The van der Waals surface area contributed by atoms with Gasteiger partial charge in [0.25, 0.3) is 11.8 Å². The van der Waals surface area contributed by atoms with Crippen LogP contribution in [-0.2, 0) is 25.5 Å². The highest BCUT2D eigenvalue weighted by molar-refractivity contribution is 6.24. The summed E-state index contributed by atoms with van der Waals surface area (Å²) in [5, 5.41) is 1.92. The molecule has 0 spiro atoms. The third-order valence-electron chi connectivity index (χ3n) is 3.07. The third-order valence-corrected chi connectivity index (χ3v) is 3.07. The minimum absolute atomic E-state index is 0.0200. The van der Waals surface area contributed by atoms with E-state index in [0.717, 1.165) is 12.7 Å². The van der Waals surface area contributed by atoms with Crippen LogP contribution in [0.1, 0.15) is 12.0 Å². The van der Waals surface area contributed by atoms with Gasteiger partial charge in [-0.2, -0.15) is 4.90 Å². The lowest BCUT2D eigenvalue weighted by atomic mass is 10.1. The van der Waals surface area contributed by atoms with Gasteiger partial charge >= 0.3 is 6.03 Å². The number of imide groups is 4. The van der Waals surface area contributed by atoms with Crippen LogP contribution >= 0.6 is 0 Å². The van der Waals surface area contributed by atoms with E-state index in [1.165, 1.54) is 0 Å². The van der Waals surface area contributed by atoms with Crippen molar-refractivity contribution in [3.63, 3.8) is 0 Å². The van der Waals surface area contributed by atoms with Gasteiger partial charge in [-0.3, -0.25) is 19.7 Å². The maximum Gasteiger partial charge on any atom is 0.337 e. The van der Waals surface area contributed by atoms with E-state index in [4.69, 9.17) is 4.74 Å². The first-order chi connectivity index (χ1) is 10.0. The maximum absolute atomic E-state index is 12.0. The summed E-state index contributed by atoms with van der Waals surface area (Å²) in [7, 11) is 1.16. The van der Waals surface area contributed by atoms with E-state index >= 15 is 0 Å². The minimum Gasteiger partial charge on any atom is -0.362 e. The summed E-state index contributed by atoms with van der Waals surface area (Å²) in [6.07, 6.45) is -1.10. The monoisotopic (exact) mass is 290 g/mol. The highest BCUT2D eigenvalue weighted by atomic mass is 16.5. The highest BCUT2D eigenvalue weighted by Gasteiger charge is 2.43. The Labute approximate surface area is 120 Å². The van der Waals surface area contributed by atoms with Crippen LogP contribution in [0.4, 0.5) is 4.79 Å². The second kappa shape index (κ2) is 6.27. The number of benzene rings is 1. The average molecular weight is 290 g/mol. The van der Waals surface area contributed by atoms with Crippen LogP contribution in [-0.4, -0.2) is 41.9 Å². The molecule has 1 aliphatic rings. The van der Waals surface area contributed by atoms with Gasteiger partial charge in [-0.25, -0.2) is 4.79 Å². The predicted octanol–water partition coefficient (Wildman–Crippen LogP) is 0.239. The zero-order valence-corrected chi connectivity index (χ0v) is 11.4. The van der Waals surface area contributed by atoms with Crippen LogP contribution in [0.15, 0.2) is 30.3 Å². The molecule has 0 radical (unpaired) electrons. The van der Waals surface area contributed by atoms with Crippen molar-refractivity contribution in [2.24, 2.45) is 0 Å². The molecule has 1 atom stereocenters. The number of carbonyl (C=O) groups excluding carboxylic acids is 4.